The van der Waals surface area contributed by atoms with E-state index in [4.69, 9.17) is 4.74 Å². The van der Waals surface area contributed by atoms with Crippen molar-refractivity contribution < 1.29 is 4.74 Å². The predicted molar refractivity (Wildman–Crippen MR) is 86.6 cm³/mol. The summed E-state index contributed by atoms with van der Waals surface area (Å²) in [6, 6.07) is 8.55. The van der Waals surface area contributed by atoms with Crippen LogP contribution in [0, 0.1) is 0 Å². The molecule has 1 aromatic carbocycles. The monoisotopic (exact) mass is 286 g/mol. The number of nitrogens with zero attached hydrogens (tertiary/aromatic N) is 1. The van der Waals surface area contributed by atoms with Gasteiger partial charge in [-0.3, -0.25) is 4.90 Å². The molecule has 0 radical (unpaired) electrons. The third-order valence-corrected chi connectivity index (χ3v) is 4.52. The van der Waals surface area contributed by atoms with Gasteiger partial charge in [-0.2, -0.15) is 0 Å². The first-order valence-electron chi connectivity index (χ1n) is 8.01. The molecule has 1 N–H and O–H groups in total. The number of hydrogen-bond donors (Lipinski definition) is 1. The summed E-state index contributed by atoms with van der Waals surface area (Å²) < 4.78 is 6.36. The van der Waals surface area contributed by atoms with Crippen LogP contribution in [0.2, 0.25) is 0 Å². The molecule has 0 amide bonds. The largest absolute Gasteiger partial charge is 0.486 e. The SMILES string of the molecule is C=C(C)CNCc1ccc(O[C@@]23CCCN(CC2)C3)cc1. The number of piperidine rings is 1. The van der Waals surface area contributed by atoms with E-state index in [1.807, 2.05) is 6.92 Å². The summed E-state index contributed by atoms with van der Waals surface area (Å²) in [4.78, 5) is 2.53. The lowest BCUT2D eigenvalue weighted by molar-refractivity contribution is 0.0453. The van der Waals surface area contributed by atoms with Gasteiger partial charge in [0, 0.05) is 32.6 Å². The zero-order valence-corrected chi connectivity index (χ0v) is 13.0. The summed E-state index contributed by atoms with van der Waals surface area (Å²) in [6.07, 6.45) is 3.64. The van der Waals surface area contributed by atoms with Crippen LogP contribution in [0.25, 0.3) is 0 Å². The highest BCUT2D eigenvalue weighted by molar-refractivity contribution is 5.28. The number of hydrogen-bond acceptors (Lipinski definition) is 3. The van der Waals surface area contributed by atoms with Crippen molar-refractivity contribution in [3.63, 3.8) is 0 Å². The van der Waals surface area contributed by atoms with E-state index in [0.717, 1.165) is 31.0 Å². The molecule has 2 fully saturated rings. The minimum Gasteiger partial charge on any atom is -0.486 e. The zero-order chi connectivity index (χ0) is 14.7. The van der Waals surface area contributed by atoms with E-state index in [9.17, 15) is 0 Å². The van der Waals surface area contributed by atoms with Gasteiger partial charge in [0.2, 0.25) is 0 Å². The molecular weight excluding hydrogens is 260 g/mol. The molecule has 0 spiro atoms. The van der Waals surface area contributed by atoms with Crippen molar-refractivity contribution in [3.8, 4) is 5.75 Å². The summed E-state index contributed by atoms with van der Waals surface area (Å²) in [7, 11) is 0. The molecule has 2 bridgehead atoms. The maximum Gasteiger partial charge on any atom is 0.123 e. The first-order valence-corrected chi connectivity index (χ1v) is 8.01. The van der Waals surface area contributed by atoms with Crippen LogP contribution in [-0.4, -0.2) is 36.7 Å². The summed E-state index contributed by atoms with van der Waals surface area (Å²) >= 11 is 0. The molecular formula is C18H26N2O. The topological polar surface area (TPSA) is 24.5 Å². The van der Waals surface area contributed by atoms with Gasteiger partial charge in [0.15, 0.2) is 0 Å². The van der Waals surface area contributed by atoms with Crippen molar-refractivity contribution in [1.82, 2.24) is 10.2 Å². The molecule has 21 heavy (non-hydrogen) atoms. The molecule has 0 aromatic heterocycles. The number of fused-ring (bicyclic) bond motifs is 2. The molecule has 3 heteroatoms. The fourth-order valence-corrected chi connectivity index (χ4v) is 3.43. The average molecular weight is 286 g/mol. The number of nitrogens with one attached hydrogen (secondary N) is 1. The van der Waals surface area contributed by atoms with Crippen molar-refractivity contribution in [1.29, 1.82) is 0 Å². The van der Waals surface area contributed by atoms with Crippen molar-refractivity contribution in [2.24, 2.45) is 0 Å². The maximum absolute atomic E-state index is 6.36. The van der Waals surface area contributed by atoms with Crippen LogP contribution in [0.4, 0.5) is 0 Å². The first-order chi connectivity index (χ1) is 10.2. The fourth-order valence-electron chi connectivity index (χ4n) is 3.43. The van der Waals surface area contributed by atoms with Gasteiger partial charge < -0.3 is 10.1 Å². The Morgan fingerprint density at radius 3 is 2.86 bits per heavy atom. The second-order valence-electron chi connectivity index (χ2n) is 6.62. The van der Waals surface area contributed by atoms with Gasteiger partial charge in [-0.05, 0) is 44.0 Å². The quantitative estimate of drug-likeness (QED) is 0.814. The fraction of sp³-hybridized carbons (Fsp3) is 0.556. The van der Waals surface area contributed by atoms with Gasteiger partial charge >= 0.3 is 0 Å². The van der Waals surface area contributed by atoms with Gasteiger partial charge in [0.05, 0.1) is 0 Å². The minimum atomic E-state index is 0.0813. The van der Waals surface area contributed by atoms with E-state index in [0.29, 0.717) is 0 Å². The lowest BCUT2D eigenvalue weighted by atomic mass is 9.94. The molecule has 2 aliphatic heterocycles. The molecule has 0 aliphatic carbocycles. The molecule has 2 saturated heterocycles. The van der Waals surface area contributed by atoms with Crippen molar-refractivity contribution in [2.45, 2.75) is 38.3 Å². The van der Waals surface area contributed by atoms with Crippen molar-refractivity contribution >= 4 is 0 Å². The van der Waals surface area contributed by atoms with Crippen molar-refractivity contribution in [3.05, 3.63) is 42.0 Å². The molecule has 114 valence electrons. The summed E-state index contributed by atoms with van der Waals surface area (Å²) in [5.41, 5.74) is 2.53. The minimum absolute atomic E-state index is 0.0813. The molecule has 1 unspecified atom stereocenters. The Hall–Kier alpha value is -1.32. The smallest absolute Gasteiger partial charge is 0.123 e. The summed E-state index contributed by atoms with van der Waals surface area (Å²) in [6.45, 7) is 11.2. The lowest BCUT2D eigenvalue weighted by Gasteiger charge is -2.34. The van der Waals surface area contributed by atoms with Gasteiger partial charge in [-0.1, -0.05) is 24.3 Å². The van der Waals surface area contributed by atoms with Crippen LogP contribution < -0.4 is 10.1 Å². The van der Waals surface area contributed by atoms with Gasteiger partial charge in [-0.15, -0.1) is 0 Å². The normalized spacial score (nSPS) is 27.6. The molecule has 2 heterocycles. The predicted octanol–water partition coefficient (Wildman–Crippen LogP) is 2.97. The molecule has 3 nitrogen and oxygen atoms in total. The third-order valence-electron chi connectivity index (χ3n) is 4.52. The Bertz CT molecular complexity index is 492. The number of ether oxygens (including phenoxy) is 1. The molecule has 1 aromatic rings. The van der Waals surface area contributed by atoms with E-state index in [-0.39, 0.29) is 5.60 Å². The Kier molecular flexibility index (Phi) is 4.32. The Morgan fingerprint density at radius 1 is 1.29 bits per heavy atom. The zero-order valence-electron chi connectivity index (χ0n) is 13.0. The van der Waals surface area contributed by atoms with Crippen LogP contribution in [0.5, 0.6) is 5.75 Å². The Balaban J connectivity index is 1.56. The maximum atomic E-state index is 6.36. The molecule has 0 saturated carbocycles. The summed E-state index contributed by atoms with van der Waals surface area (Å²) in [5.74, 6) is 1.02. The number of benzene rings is 1. The molecule has 2 aliphatic rings. The van der Waals surface area contributed by atoms with Crippen LogP contribution in [-0.2, 0) is 6.54 Å². The first kappa shape index (κ1) is 14.6. The third kappa shape index (κ3) is 3.66. The Morgan fingerprint density at radius 2 is 2.10 bits per heavy atom. The van der Waals surface area contributed by atoms with Crippen LogP contribution >= 0.6 is 0 Å². The van der Waals surface area contributed by atoms with E-state index < -0.39 is 0 Å². The van der Waals surface area contributed by atoms with E-state index in [1.165, 1.54) is 37.9 Å². The highest BCUT2D eigenvalue weighted by Gasteiger charge is 2.42. The molecule has 3 rings (SSSR count). The van der Waals surface area contributed by atoms with Crippen LogP contribution in [0.15, 0.2) is 36.4 Å². The second-order valence-corrected chi connectivity index (χ2v) is 6.62. The van der Waals surface area contributed by atoms with Gasteiger partial charge in [0.25, 0.3) is 0 Å². The Labute approximate surface area is 128 Å². The second kappa shape index (κ2) is 6.20. The summed E-state index contributed by atoms with van der Waals surface area (Å²) in [5, 5.41) is 3.38. The van der Waals surface area contributed by atoms with Crippen LogP contribution in [0.3, 0.4) is 0 Å². The van der Waals surface area contributed by atoms with Crippen LogP contribution in [0.1, 0.15) is 31.7 Å². The van der Waals surface area contributed by atoms with E-state index in [2.05, 4.69) is 41.1 Å². The number of rotatable bonds is 6. The van der Waals surface area contributed by atoms with Crippen molar-refractivity contribution in [2.75, 3.05) is 26.2 Å². The standard InChI is InChI=1S/C18H26N2O/c1-15(2)12-19-13-16-4-6-17(7-5-16)21-18-8-3-10-20(14-18)11-9-18/h4-7,19H,1,3,8-14H2,2H3/t18-/m0/s1. The highest BCUT2D eigenvalue weighted by Crippen LogP contribution is 2.35. The van der Waals surface area contributed by atoms with Gasteiger partial charge in [-0.25, -0.2) is 0 Å². The van der Waals surface area contributed by atoms with E-state index in [1.54, 1.807) is 0 Å². The average Bonchev–Trinajstić information content (AvgIpc) is 2.75. The van der Waals surface area contributed by atoms with E-state index >= 15 is 0 Å². The molecule has 2 atom stereocenters. The van der Waals surface area contributed by atoms with Gasteiger partial charge in [0.1, 0.15) is 11.4 Å². The lowest BCUT2D eigenvalue weighted by Crippen LogP contribution is -2.43. The highest BCUT2D eigenvalue weighted by atomic mass is 16.5.